The lowest BCUT2D eigenvalue weighted by atomic mass is 10.3. The number of carbonyl (C=O) groups is 1. The molecule has 0 atom stereocenters. The summed E-state index contributed by atoms with van der Waals surface area (Å²) in [6.07, 6.45) is -0.817. The minimum atomic E-state index is -0.817. The number of hydrogen-bond donors (Lipinski definition) is 1. The van der Waals surface area contributed by atoms with E-state index in [9.17, 15) is 4.79 Å². The molecular formula is C17H24ClN5O3. The molecule has 0 bridgehead atoms. The molecule has 1 heterocycles. The third kappa shape index (κ3) is 5.89. The minimum absolute atomic E-state index is 0.0675. The molecule has 0 fully saturated rings. The highest BCUT2D eigenvalue weighted by Gasteiger charge is 2.18. The van der Waals surface area contributed by atoms with Gasteiger partial charge in [0.05, 0.1) is 13.2 Å². The van der Waals surface area contributed by atoms with Crippen molar-refractivity contribution in [3.05, 3.63) is 29.3 Å². The Balaban J connectivity index is 2.16. The van der Waals surface area contributed by atoms with Gasteiger partial charge >= 0.3 is 6.16 Å². The smallest absolute Gasteiger partial charge is 0.434 e. The van der Waals surface area contributed by atoms with Crippen molar-refractivity contribution in [2.24, 2.45) is 0 Å². The number of carbonyl (C=O) groups excluding carboxylic acids is 1. The summed E-state index contributed by atoms with van der Waals surface area (Å²) in [6.45, 7) is 9.37. The predicted molar refractivity (Wildman–Crippen MR) is 100 cm³/mol. The average molecular weight is 382 g/mol. The number of halogens is 1. The molecule has 0 amide bonds. The highest BCUT2D eigenvalue weighted by Crippen LogP contribution is 2.25. The molecule has 0 radical (unpaired) electrons. The van der Waals surface area contributed by atoms with E-state index in [0.717, 1.165) is 25.3 Å². The number of aromatic nitrogens is 3. The van der Waals surface area contributed by atoms with Gasteiger partial charge in [-0.3, -0.25) is 0 Å². The summed E-state index contributed by atoms with van der Waals surface area (Å²) < 4.78 is 9.98. The van der Waals surface area contributed by atoms with Crippen molar-refractivity contribution in [1.82, 2.24) is 19.9 Å². The van der Waals surface area contributed by atoms with Crippen LogP contribution in [0, 0.1) is 0 Å². The Labute approximate surface area is 158 Å². The van der Waals surface area contributed by atoms with Gasteiger partial charge in [0.25, 0.3) is 5.88 Å². The van der Waals surface area contributed by atoms with Crippen molar-refractivity contribution in [2.45, 2.75) is 27.3 Å². The number of nitrogens with zero attached hydrogens (tertiary/aromatic N) is 4. The molecule has 2 rings (SSSR count). The molecule has 0 saturated carbocycles. The first-order valence-corrected chi connectivity index (χ1v) is 8.98. The number of ether oxygens (including phenoxy) is 2. The maximum atomic E-state index is 11.7. The molecule has 1 aromatic carbocycles. The van der Waals surface area contributed by atoms with E-state index in [0.29, 0.717) is 17.4 Å². The van der Waals surface area contributed by atoms with Crippen LogP contribution in [0.15, 0.2) is 24.3 Å². The summed E-state index contributed by atoms with van der Waals surface area (Å²) in [6, 6.07) is 7.10. The maximum absolute atomic E-state index is 11.7. The monoisotopic (exact) mass is 381 g/mol. The minimum Gasteiger partial charge on any atom is -0.434 e. The summed E-state index contributed by atoms with van der Waals surface area (Å²) >= 11 is 5.90. The number of hydrogen-bond acceptors (Lipinski definition) is 7. The largest absolute Gasteiger partial charge is 0.515 e. The zero-order valence-corrected chi connectivity index (χ0v) is 16.0. The Morgan fingerprint density at radius 3 is 2.50 bits per heavy atom. The molecule has 9 heteroatoms. The highest BCUT2D eigenvalue weighted by molar-refractivity contribution is 6.30. The van der Waals surface area contributed by atoms with Crippen LogP contribution in [0.25, 0.3) is 0 Å². The van der Waals surface area contributed by atoms with Gasteiger partial charge in [-0.05, 0) is 44.3 Å². The molecular weight excluding hydrogens is 358 g/mol. The highest BCUT2D eigenvalue weighted by atomic mass is 35.5. The standard InChI is InChI=1S/C17H24ClN5O3/c1-4-22(5-2)11-12-23-20-15(16(21-23)26-17(24)25-6-3)19-14-9-7-13(18)8-10-14/h7-10H,4-6,11-12H2,1-3H3,(H,19,20). The first kappa shape index (κ1) is 20.0. The van der Waals surface area contributed by atoms with E-state index in [1.54, 1.807) is 31.2 Å². The number of rotatable bonds is 9. The number of anilines is 2. The van der Waals surface area contributed by atoms with E-state index in [1.807, 2.05) is 0 Å². The number of likely N-dealkylation sites (N-methyl/N-ethyl adjacent to an activating group) is 1. The van der Waals surface area contributed by atoms with Crippen LogP contribution in [0.3, 0.4) is 0 Å². The third-order valence-electron chi connectivity index (χ3n) is 3.68. The van der Waals surface area contributed by atoms with E-state index in [1.165, 1.54) is 4.80 Å². The van der Waals surface area contributed by atoms with Crippen LogP contribution in [0.1, 0.15) is 20.8 Å². The molecule has 8 nitrogen and oxygen atoms in total. The molecule has 1 N–H and O–H groups in total. The van der Waals surface area contributed by atoms with Crippen molar-refractivity contribution in [3.8, 4) is 5.88 Å². The van der Waals surface area contributed by atoms with Crippen LogP contribution in [0.4, 0.5) is 16.3 Å². The normalized spacial score (nSPS) is 10.8. The van der Waals surface area contributed by atoms with E-state index in [-0.39, 0.29) is 12.5 Å². The van der Waals surface area contributed by atoms with Crippen LogP contribution >= 0.6 is 11.6 Å². The number of nitrogens with one attached hydrogen (secondary N) is 1. The van der Waals surface area contributed by atoms with Gasteiger partial charge in [-0.25, -0.2) is 4.79 Å². The summed E-state index contributed by atoms with van der Waals surface area (Å²) in [5.74, 6) is 0.401. The van der Waals surface area contributed by atoms with Crippen molar-refractivity contribution < 1.29 is 14.3 Å². The van der Waals surface area contributed by atoms with Crippen LogP contribution < -0.4 is 10.1 Å². The fraction of sp³-hybridized carbons (Fsp3) is 0.471. The Morgan fingerprint density at radius 1 is 1.19 bits per heavy atom. The van der Waals surface area contributed by atoms with Gasteiger partial charge < -0.3 is 19.7 Å². The molecule has 0 spiro atoms. The van der Waals surface area contributed by atoms with E-state index >= 15 is 0 Å². The van der Waals surface area contributed by atoms with Gasteiger partial charge in [0, 0.05) is 17.3 Å². The van der Waals surface area contributed by atoms with E-state index in [4.69, 9.17) is 21.1 Å². The zero-order valence-electron chi connectivity index (χ0n) is 15.2. The second-order valence-corrected chi connectivity index (χ2v) is 5.83. The van der Waals surface area contributed by atoms with Gasteiger partial charge in [0.15, 0.2) is 0 Å². The summed E-state index contributed by atoms with van der Waals surface area (Å²) in [7, 11) is 0. The molecule has 0 aliphatic rings. The predicted octanol–water partition coefficient (Wildman–Crippen LogP) is 3.55. The lowest BCUT2D eigenvalue weighted by Gasteiger charge is -2.16. The van der Waals surface area contributed by atoms with Crippen molar-refractivity contribution >= 4 is 29.3 Å². The number of benzene rings is 1. The van der Waals surface area contributed by atoms with Crippen LogP contribution in [-0.2, 0) is 11.3 Å². The SMILES string of the molecule is CCOC(=O)Oc1nn(CCN(CC)CC)nc1Nc1ccc(Cl)cc1. The van der Waals surface area contributed by atoms with Crippen molar-refractivity contribution in [2.75, 3.05) is 31.6 Å². The van der Waals surface area contributed by atoms with Crippen LogP contribution in [-0.4, -0.2) is 52.3 Å². The van der Waals surface area contributed by atoms with E-state index < -0.39 is 6.16 Å². The van der Waals surface area contributed by atoms with E-state index in [2.05, 4.69) is 34.3 Å². The average Bonchev–Trinajstić information content (AvgIpc) is 2.99. The Bertz CT molecular complexity index is 701. The Hall–Kier alpha value is -2.32. The molecule has 1 aromatic heterocycles. The van der Waals surface area contributed by atoms with Gasteiger partial charge in [-0.2, -0.15) is 4.80 Å². The summed E-state index contributed by atoms with van der Waals surface area (Å²) in [5, 5.41) is 12.3. The molecule has 142 valence electrons. The lowest BCUT2D eigenvalue weighted by Crippen LogP contribution is -2.27. The zero-order chi connectivity index (χ0) is 18.9. The van der Waals surface area contributed by atoms with Gasteiger partial charge in [-0.1, -0.05) is 25.4 Å². The topological polar surface area (TPSA) is 81.5 Å². The maximum Gasteiger partial charge on any atom is 0.515 e. The first-order chi connectivity index (χ1) is 12.5. The van der Waals surface area contributed by atoms with Crippen molar-refractivity contribution in [1.29, 1.82) is 0 Å². The fourth-order valence-corrected chi connectivity index (χ4v) is 2.37. The molecule has 0 saturated heterocycles. The van der Waals surface area contributed by atoms with Gasteiger partial charge in [-0.15, -0.1) is 10.2 Å². The van der Waals surface area contributed by atoms with Crippen LogP contribution in [0.5, 0.6) is 5.88 Å². The third-order valence-corrected chi connectivity index (χ3v) is 3.94. The first-order valence-electron chi connectivity index (χ1n) is 8.60. The molecule has 2 aromatic rings. The van der Waals surface area contributed by atoms with Crippen LogP contribution in [0.2, 0.25) is 5.02 Å². The lowest BCUT2D eigenvalue weighted by molar-refractivity contribution is 0.102. The Morgan fingerprint density at radius 2 is 1.88 bits per heavy atom. The second-order valence-electron chi connectivity index (χ2n) is 5.39. The second kappa shape index (κ2) is 9.98. The molecule has 26 heavy (non-hydrogen) atoms. The fourth-order valence-electron chi connectivity index (χ4n) is 2.25. The molecule has 0 aliphatic heterocycles. The summed E-state index contributed by atoms with van der Waals surface area (Å²) in [5.41, 5.74) is 0.749. The van der Waals surface area contributed by atoms with Gasteiger partial charge in [0.1, 0.15) is 0 Å². The molecule has 0 aliphatic carbocycles. The summed E-state index contributed by atoms with van der Waals surface area (Å²) in [4.78, 5) is 15.4. The quantitative estimate of drug-likeness (QED) is 0.665. The van der Waals surface area contributed by atoms with Crippen molar-refractivity contribution in [3.63, 3.8) is 0 Å². The molecule has 0 unspecified atom stereocenters. The van der Waals surface area contributed by atoms with Gasteiger partial charge in [0.2, 0.25) is 5.82 Å². The Kier molecular flexibility index (Phi) is 7.68.